The summed E-state index contributed by atoms with van der Waals surface area (Å²) in [6.07, 6.45) is 3.35. The summed E-state index contributed by atoms with van der Waals surface area (Å²) < 4.78 is 4.70. The number of thioether (sulfide) groups is 1. The molecule has 0 aliphatic rings. The number of hydrogen-bond donors (Lipinski definition) is 2. The lowest BCUT2D eigenvalue weighted by atomic mass is 10.1. The van der Waals surface area contributed by atoms with Crippen molar-refractivity contribution in [1.29, 1.82) is 0 Å². The molecule has 2 N–H and O–H groups in total. The van der Waals surface area contributed by atoms with Crippen LogP contribution in [0.5, 0.6) is 5.75 Å². The Morgan fingerprint density at radius 2 is 2.00 bits per heavy atom. The lowest BCUT2D eigenvalue weighted by Gasteiger charge is -2.16. The molecule has 5 nitrogen and oxygen atoms in total. The number of nitrogens with one attached hydrogen (secondary N) is 1. The van der Waals surface area contributed by atoms with E-state index in [1.807, 2.05) is 6.26 Å². The summed E-state index contributed by atoms with van der Waals surface area (Å²) >= 11 is 1.61. The zero-order valence-corrected chi connectivity index (χ0v) is 13.1. The zero-order chi connectivity index (χ0) is 15.7. The van der Waals surface area contributed by atoms with E-state index in [0.29, 0.717) is 12.8 Å². The number of benzene rings is 1. The van der Waals surface area contributed by atoms with Gasteiger partial charge in [-0.2, -0.15) is 11.8 Å². The summed E-state index contributed by atoms with van der Waals surface area (Å²) in [5.41, 5.74) is 0.960. The quantitative estimate of drug-likeness (QED) is 0.715. The predicted molar refractivity (Wildman–Crippen MR) is 83.4 cm³/mol. The third-order valence-corrected chi connectivity index (χ3v) is 3.65. The van der Waals surface area contributed by atoms with Crippen LogP contribution >= 0.6 is 11.8 Å². The molecule has 1 rings (SSSR count). The van der Waals surface area contributed by atoms with Crippen LogP contribution in [-0.2, 0) is 20.7 Å². The first kappa shape index (κ1) is 17.4. The normalized spacial score (nSPS) is 11.7. The molecule has 1 aromatic carbocycles. The Balaban J connectivity index is 2.45. The first-order valence-corrected chi connectivity index (χ1v) is 8.10. The van der Waals surface area contributed by atoms with Crippen LogP contribution in [0.15, 0.2) is 24.3 Å². The van der Waals surface area contributed by atoms with Crippen LogP contribution in [0.25, 0.3) is 0 Å². The Morgan fingerprint density at radius 3 is 2.57 bits per heavy atom. The Bertz CT molecular complexity index is 461. The molecule has 1 unspecified atom stereocenters. The minimum absolute atomic E-state index is 0.181. The number of methoxy groups -OCH3 is 1. The van der Waals surface area contributed by atoms with Crippen LogP contribution in [0.4, 0.5) is 0 Å². The van der Waals surface area contributed by atoms with Crippen molar-refractivity contribution < 1.29 is 19.4 Å². The monoisotopic (exact) mass is 311 g/mol. The smallest absolute Gasteiger partial charge is 0.328 e. The van der Waals surface area contributed by atoms with E-state index in [1.165, 1.54) is 7.11 Å². The molecule has 0 aliphatic heterocycles. The molecule has 0 spiro atoms. The van der Waals surface area contributed by atoms with Gasteiger partial charge in [0.05, 0.1) is 7.11 Å². The summed E-state index contributed by atoms with van der Waals surface area (Å²) in [4.78, 5) is 23.5. The van der Waals surface area contributed by atoms with E-state index in [2.05, 4.69) is 5.32 Å². The van der Waals surface area contributed by atoms with Gasteiger partial charge in [0, 0.05) is 6.42 Å². The molecular formula is C15H21NO4S. The van der Waals surface area contributed by atoms with E-state index in [1.54, 1.807) is 36.0 Å². The standard InChI is InChI=1S/C15H21NO4S/c1-20-15(19)13(9-10-21-2)16-14(18)8-5-11-3-6-12(17)7-4-11/h3-4,6-7,13,17H,5,8-10H2,1-2H3,(H,16,18). The number of hydrogen-bond acceptors (Lipinski definition) is 5. The van der Waals surface area contributed by atoms with Crippen LogP contribution in [0.1, 0.15) is 18.4 Å². The number of ether oxygens (including phenoxy) is 1. The minimum atomic E-state index is -0.588. The number of aromatic hydroxyl groups is 1. The van der Waals surface area contributed by atoms with Gasteiger partial charge in [0.2, 0.25) is 5.91 Å². The van der Waals surface area contributed by atoms with Crippen molar-refractivity contribution in [3.05, 3.63) is 29.8 Å². The van der Waals surface area contributed by atoms with Crippen molar-refractivity contribution in [1.82, 2.24) is 5.32 Å². The summed E-state index contributed by atoms with van der Waals surface area (Å²) in [5, 5.41) is 11.9. The van der Waals surface area contributed by atoms with Crippen molar-refractivity contribution in [2.45, 2.75) is 25.3 Å². The number of phenols is 1. The van der Waals surface area contributed by atoms with Gasteiger partial charge in [0.25, 0.3) is 0 Å². The molecule has 0 bridgehead atoms. The van der Waals surface area contributed by atoms with Crippen molar-refractivity contribution in [3.8, 4) is 5.75 Å². The lowest BCUT2D eigenvalue weighted by Crippen LogP contribution is -2.42. The Morgan fingerprint density at radius 1 is 1.33 bits per heavy atom. The number of aryl methyl sites for hydroxylation is 1. The Kier molecular flexibility index (Phi) is 7.68. The van der Waals surface area contributed by atoms with Crippen molar-refractivity contribution in [3.63, 3.8) is 0 Å². The summed E-state index contributed by atoms with van der Waals surface area (Å²) in [6.45, 7) is 0. The van der Waals surface area contributed by atoms with E-state index in [4.69, 9.17) is 4.74 Å². The van der Waals surface area contributed by atoms with Gasteiger partial charge in [-0.05, 0) is 42.5 Å². The number of carbonyl (C=O) groups excluding carboxylic acids is 2. The van der Waals surface area contributed by atoms with E-state index in [-0.39, 0.29) is 18.1 Å². The van der Waals surface area contributed by atoms with Gasteiger partial charge in [-0.3, -0.25) is 4.79 Å². The van der Waals surface area contributed by atoms with Crippen LogP contribution in [-0.4, -0.2) is 42.1 Å². The van der Waals surface area contributed by atoms with Gasteiger partial charge in [0.1, 0.15) is 11.8 Å². The second-order valence-corrected chi connectivity index (χ2v) is 5.58. The molecule has 6 heteroatoms. The summed E-state index contributed by atoms with van der Waals surface area (Å²) in [7, 11) is 1.32. The fraction of sp³-hybridized carbons (Fsp3) is 0.467. The van der Waals surface area contributed by atoms with Crippen molar-refractivity contribution in [2.24, 2.45) is 0 Å². The van der Waals surface area contributed by atoms with Crippen LogP contribution in [0.3, 0.4) is 0 Å². The number of rotatable bonds is 8. The highest BCUT2D eigenvalue weighted by atomic mass is 32.2. The predicted octanol–water partition coefficient (Wildman–Crippen LogP) is 1.74. The Labute approximate surface area is 129 Å². The Hall–Kier alpha value is -1.69. The van der Waals surface area contributed by atoms with E-state index < -0.39 is 12.0 Å². The lowest BCUT2D eigenvalue weighted by molar-refractivity contribution is -0.145. The molecule has 0 fully saturated rings. The molecular weight excluding hydrogens is 290 g/mol. The second-order valence-electron chi connectivity index (χ2n) is 4.59. The van der Waals surface area contributed by atoms with Gasteiger partial charge in [-0.15, -0.1) is 0 Å². The maximum absolute atomic E-state index is 11.9. The van der Waals surface area contributed by atoms with Gasteiger partial charge >= 0.3 is 5.97 Å². The van der Waals surface area contributed by atoms with E-state index in [0.717, 1.165) is 11.3 Å². The maximum Gasteiger partial charge on any atom is 0.328 e. The minimum Gasteiger partial charge on any atom is -0.508 e. The molecule has 1 aromatic rings. The molecule has 1 amide bonds. The summed E-state index contributed by atoms with van der Waals surface area (Å²) in [5.74, 6) is 0.380. The molecule has 0 saturated heterocycles. The average Bonchev–Trinajstić information content (AvgIpc) is 2.50. The highest BCUT2D eigenvalue weighted by molar-refractivity contribution is 7.98. The second kappa shape index (κ2) is 9.28. The van der Waals surface area contributed by atoms with Gasteiger partial charge in [-0.25, -0.2) is 4.79 Å². The number of esters is 1. The first-order chi connectivity index (χ1) is 10.1. The van der Waals surface area contributed by atoms with E-state index >= 15 is 0 Å². The maximum atomic E-state index is 11.9. The average molecular weight is 311 g/mol. The molecule has 0 saturated carbocycles. The molecule has 116 valence electrons. The zero-order valence-electron chi connectivity index (χ0n) is 12.3. The largest absolute Gasteiger partial charge is 0.508 e. The van der Waals surface area contributed by atoms with Crippen LogP contribution < -0.4 is 5.32 Å². The molecule has 0 aliphatic carbocycles. The SMILES string of the molecule is COC(=O)C(CCSC)NC(=O)CCc1ccc(O)cc1. The molecule has 21 heavy (non-hydrogen) atoms. The third-order valence-electron chi connectivity index (χ3n) is 3.01. The highest BCUT2D eigenvalue weighted by Gasteiger charge is 2.20. The third kappa shape index (κ3) is 6.53. The highest BCUT2D eigenvalue weighted by Crippen LogP contribution is 2.11. The molecule has 0 aromatic heterocycles. The first-order valence-electron chi connectivity index (χ1n) is 6.71. The number of carbonyl (C=O) groups is 2. The number of phenolic OH excluding ortho intramolecular Hbond substituents is 1. The van der Waals surface area contributed by atoms with Crippen molar-refractivity contribution >= 4 is 23.6 Å². The molecule has 1 atom stereocenters. The topological polar surface area (TPSA) is 75.6 Å². The number of amides is 1. The fourth-order valence-corrected chi connectivity index (χ4v) is 2.29. The fourth-order valence-electron chi connectivity index (χ4n) is 1.81. The van der Waals surface area contributed by atoms with Gasteiger partial charge in [-0.1, -0.05) is 12.1 Å². The molecule has 0 radical (unpaired) electrons. The molecule has 0 heterocycles. The van der Waals surface area contributed by atoms with Crippen LogP contribution in [0, 0.1) is 0 Å². The van der Waals surface area contributed by atoms with Gasteiger partial charge in [0.15, 0.2) is 0 Å². The van der Waals surface area contributed by atoms with Crippen molar-refractivity contribution in [2.75, 3.05) is 19.1 Å². The van der Waals surface area contributed by atoms with Gasteiger partial charge < -0.3 is 15.2 Å². The van der Waals surface area contributed by atoms with Crippen LogP contribution in [0.2, 0.25) is 0 Å². The van der Waals surface area contributed by atoms with E-state index in [9.17, 15) is 14.7 Å². The summed E-state index contributed by atoms with van der Waals surface area (Å²) in [6, 6.07) is 6.13.